The first-order valence-corrected chi connectivity index (χ1v) is 10.4. The van der Waals surface area contributed by atoms with Crippen LogP contribution in [0, 0.1) is 47.6 Å². The summed E-state index contributed by atoms with van der Waals surface area (Å²) < 4.78 is 0. The van der Waals surface area contributed by atoms with E-state index in [9.17, 15) is 0 Å². The number of aryl methyl sites for hydroxylation is 6. The first kappa shape index (κ1) is 28.7. The van der Waals surface area contributed by atoms with E-state index in [2.05, 4.69) is 102 Å². The monoisotopic (exact) mass is 560 g/mol. The molecule has 0 heterocycles. The topological polar surface area (TPSA) is 0 Å². The van der Waals surface area contributed by atoms with Gasteiger partial charge >= 0.3 is 0 Å². The number of halogens is 2. The van der Waals surface area contributed by atoms with Gasteiger partial charge in [0.15, 0.2) is 0 Å². The van der Waals surface area contributed by atoms with Crippen molar-refractivity contribution in [3.05, 3.63) is 100 Å². The number of hydrogen-bond acceptors (Lipinski definition) is 0. The number of hydrogen-bond donors (Lipinski definition) is 0. The van der Waals surface area contributed by atoms with Crippen molar-refractivity contribution in [1.82, 2.24) is 0 Å². The van der Waals surface area contributed by atoms with E-state index in [1.807, 2.05) is 6.07 Å². The molecule has 0 unspecified atom stereocenters. The van der Waals surface area contributed by atoms with Crippen LogP contribution in [0.3, 0.4) is 0 Å². The van der Waals surface area contributed by atoms with Gasteiger partial charge in [-0.2, -0.15) is 0 Å². The van der Waals surface area contributed by atoms with Gasteiger partial charge in [-0.05, 0) is 58.4 Å². The van der Waals surface area contributed by atoms with E-state index in [0.717, 1.165) is 0 Å². The van der Waals surface area contributed by atoms with E-state index in [0.29, 0.717) is 0 Å². The molecule has 0 atom stereocenters. The van der Waals surface area contributed by atoms with Gasteiger partial charge in [-0.3, -0.25) is 0 Å². The molecular formula is C28H28BCl2In-2. The molecule has 0 aliphatic heterocycles. The van der Waals surface area contributed by atoms with Crippen LogP contribution in [0.5, 0.6) is 0 Å². The molecule has 162 valence electrons. The molecule has 0 aliphatic carbocycles. The van der Waals surface area contributed by atoms with Crippen molar-refractivity contribution < 1.29 is 24.8 Å². The summed E-state index contributed by atoms with van der Waals surface area (Å²) in [5.74, 6) is 0. The maximum atomic E-state index is 3.54. The van der Waals surface area contributed by atoms with E-state index in [-0.39, 0.29) is 57.4 Å². The Morgan fingerprint density at radius 2 is 1.06 bits per heavy atom. The van der Waals surface area contributed by atoms with Crippen LogP contribution in [0.2, 0.25) is 0 Å². The van der Waals surface area contributed by atoms with Gasteiger partial charge in [-0.15, -0.1) is 0 Å². The minimum atomic E-state index is 0. The van der Waals surface area contributed by atoms with Gasteiger partial charge in [0.1, 0.15) is 0 Å². The molecule has 0 spiro atoms. The summed E-state index contributed by atoms with van der Waals surface area (Å²) in [6.07, 6.45) is 0. The van der Waals surface area contributed by atoms with Crippen LogP contribution in [0.1, 0.15) is 33.4 Å². The van der Waals surface area contributed by atoms with Gasteiger partial charge in [0, 0.05) is 25.8 Å². The van der Waals surface area contributed by atoms with Crippen LogP contribution in [0.4, 0.5) is 0 Å². The van der Waals surface area contributed by atoms with Gasteiger partial charge in [-0.1, -0.05) is 110 Å². The largest absolute Gasteiger partial charge is 1.00 e. The van der Waals surface area contributed by atoms with Gasteiger partial charge in [0.05, 0.1) is 0 Å². The summed E-state index contributed by atoms with van der Waals surface area (Å²) in [5.41, 5.74) is 12.3. The van der Waals surface area contributed by atoms with Crippen molar-refractivity contribution in [2.24, 2.45) is 0 Å². The second-order valence-corrected chi connectivity index (χ2v) is 8.54. The fraction of sp³-hybridized carbons (Fsp3) is 0.214. The predicted octanol–water partition coefficient (Wildman–Crippen LogP) is -1.37. The molecule has 0 amide bonds. The summed E-state index contributed by atoms with van der Waals surface area (Å²) >= 11 is 0. The molecule has 0 N–H and O–H groups in total. The minimum Gasteiger partial charge on any atom is -1.00 e. The van der Waals surface area contributed by atoms with Crippen molar-refractivity contribution in [3.8, 4) is 0 Å². The molecule has 32 heavy (non-hydrogen) atoms. The molecule has 0 nitrogen and oxygen atoms in total. The first-order chi connectivity index (χ1) is 13.9. The van der Waals surface area contributed by atoms with Crippen molar-refractivity contribution in [1.29, 1.82) is 0 Å². The molecule has 0 saturated carbocycles. The Bertz CT molecular complexity index is 1120. The number of benzene rings is 4. The van der Waals surface area contributed by atoms with Crippen LogP contribution < -0.4 is 41.2 Å². The average Bonchev–Trinajstić information content (AvgIpc) is 2.65. The summed E-state index contributed by atoms with van der Waals surface area (Å²) in [5, 5.41) is 2.47. The molecule has 4 aromatic carbocycles. The quantitative estimate of drug-likeness (QED) is 0.272. The molecule has 0 aliphatic rings. The summed E-state index contributed by atoms with van der Waals surface area (Å²) in [4.78, 5) is 0. The van der Waals surface area contributed by atoms with Crippen molar-refractivity contribution in [2.45, 2.75) is 41.5 Å². The van der Waals surface area contributed by atoms with Crippen molar-refractivity contribution >= 4 is 59.7 Å². The summed E-state index contributed by atoms with van der Waals surface area (Å²) in [6, 6.07) is 25.8. The molecule has 0 saturated heterocycles. The zero-order chi connectivity index (χ0) is 20.7. The molecule has 0 fully saturated rings. The molecule has 4 radical (unpaired) electrons. The van der Waals surface area contributed by atoms with Gasteiger partial charge in [-0.25, -0.2) is 0 Å². The van der Waals surface area contributed by atoms with Gasteiger partial charge < -0.3 is 24.8 Å². The summed E-state index contributed by atoms with van der Waals surface area (Å²) in [6.45, 7) is 13.6. The Morgan fingerprint density at radius 3 is 1.53 bits per heavy atom. The standard InChI is InChI=1S/C28H28B.2ClH.In/c1-18-14-20(3)27(21(4)15-18)29(28-22(5)16-19(2)17-23(28)6)26-13-9-11-24-10-7-8-12-25(24)26;;;/h7-11,13-17H,1-6H3;2*1H;/p-2. The molecule has 4 heteroatoms. The third-order valence-corrected chi connectivity index (χ3v) is 6.09. The maximum absolute atomic E-state index is 3.54. The number of rotatable bonds is 3. The van der Waals surface area contributed by atoms with Crippen LogP contribution in [0.15, 0.2) is 60.7 Å². The Labute approximate surface area is 224 Å². The van der Waals surface area contributed by atoms with E-state index >= 15 is 0 Å². The van der Waals surface area contributed by atoms with Crippen LogP contribution in [-0.2, 0) is 0 Å². The van der Waals surface area contributed by atoms with E-state index in [4.69, 9.17) is 0 Å². The summed E-state index contributed by atoms with van der Waals surface area (Å²) in [7, 11) is 0. The zero-order valence-electron chi connectivity index (χ0n) is 19.7. The third kappa shape index (κ3) is 5.41. The van der Waals surface area contributed by atoms with E-state index < -0.39 is 0 Å². The fourth-order valence-corrected chi connectivity index (χ4v) is 5.17. The predicted molar refractivity (Wildman–Crippen MR) is 134 cm³/mol. The molecule has 0 bridgehead atoms. The van der Waals surface area contributed by atoms with Crippen LogP contribution >= 0.6 is 0 Å². The van der Waals surface area contributed by atoms with Gasteiger partial charge in [0.25, 0.3) is 0 Å². The van der Waals surface area contributed by atoms with Crippen LogP contribution in [0.25, 0.3) is 10.8 Å². The third-order valence-electron chi connectivity index (χ3n) is 6.09. The Hall–Kier alpha value is -1.34. The number of fused-ring (bicyclic) bond motifs is 1. The first-order valence-electron chi connectivity index (χ1n) is 10.4. The second kappa shape index (κ2) is 11.7. The van der Waals surface area contributed by atoms with Crippen molar-refractivity contribution in [3.63, 3.8) is 0 Å². The fourth-order valence-electron chi connectivity index (χ4n) is 5.17. The minimum absolute atomic E-state index is 0. The molecular weight excluding hydrogens is 533 g/mol. The average molecular weight is 561 g/mol. The van der Waals surface area contributed by atoms with Crippen molar-refractivity contribution in [2.75, 3.05) is 0 Å². The Morgan fingerprint density at radius 1 is 0.625 bits per heavy atom. The molecule has 0 aromatic heterocycles. The smallest absolute Gasteiger partial charge is 0.243 e. The zero-order valence-corrected chi connectivity index (χ0v) is 24.5. The normalized spacial score (nSPS) is 10.1. The Kier molecular flexibility index (Phi) is 10.5. The Balaban J connectivity index is 0.00000171. The van der Waals surface area contributed by atoms with Gasteiger partial charge in [0.2, 0.25) is 6.71 Å². The molecule has 4 aromatic rings. The van der Waals surface area contributed by atoms with E-state index in [1.54, 1.807) is 0 Å². The SMILES string of the molecule is Cc1cc(C)c(B(c2c(C)cc(C)cc2C)c2cccc3ccc[c]c23)c(C)c1.[Cl-].[Cl-].[In]. The molecule has 4 rings (SSSR count). The maximum Gasteiger partial charge on any atom is 0.243 e. The second-order valence-electron chi connectivity index (χ2n) is 8.54. The van der Waals surface area contributed by atoms with Crippen LogP contribution in [-0.4, -0.2) is 32.6 Å². The van der Waals surface area contributed by atoms with E-state index in [1.165, 1.54) is 60.5 Å².